The largest absolute Gasteiger partial charge is 2.00 e. The molecule has 0 aromatic heterocycles. The first-order valence-corrected chi connectivity index (χ1v) is 23.2. The van der Waals surface area contributed by atoms with Gasteiger partial charge in [-0.3, -0.25) is 27.0 Å². The summed E-state index contributed by atoms with van der Waals surface area (Å²) in [6.45, 7) is 42.8. The van der Waals surface area contributed by atoms with Crippen LogP contribution in [0.3, 0.4) is 0 Å². The fourth-order valence-corrected chi connectivity index (χ4v) is 3.94. The molecule has 0 amide bonds. The van der Waals surface area contributed by atoms with Crippen molar-refractivity contribution in [3.63, 3.8) is 0 Å². The van der Waals surface area contributed by atoms with Crippen LogP contribution in [0.25, 0.3) is 0 Å². The molecule has 0 saturated heterocycles. The fourth-order valence-electron chi connectivity index (χ4n) is 1.24. The van der Waals surface area contributed by atoms with Crippen LogP contribution >= 0.6 is 50.8 Å². The number of nitrogens with two attached hydrogens (primary N) is 1. The van der Waals surface area contributed by atoms with Gasteiger partial charge in [-0.1, -0.05) is 62.9 Å². The molecular formula is C34H81BrIMgN6O5P3S3. The van der Waals surface area contributed by atoms with Gasteiger partial charge in [-0.25, -0.2) is 17.3 Å². The van der Waals surface area contributed by atoms with Gasteiger partial charge in [0, 0.05) is 41.4 Å². The average Bonchev–Trinajstić information content (AvgIpc) is 3.06. The molecule has 4 unspecified atom stereocenters. The Morgan fingerprint density at radius 2 is 1.13 bits per heavy atom. The summed E-state index contributed by atoms with van der Waals surface area (Å²) in [6, 6.07) is 1.59. The number of nitrogens with one attached hydrogen (secondary N) is 4. The van der Waals surface area contributed by atoms with Crippen LogP contribution < -0.4 is 42.1 Å². The molecule has 0 fully saturated rings. The van der Waals surface area contributed by atoms with Crippen molar-refractivity contribution < 1.29 is 39.5 Å². The Balaban J connectivity index is -0.0000000526. The van der Waals surface area contributed by atoms with Crippen LogP contribution in [-0.2, 0) is 37.8 Å². The number of hydrogen-bond donors (Lipinski definition) is 6. The van der Waals surface area contributed by atoms with E-state index in [1.165, 1.54) is 17.8 Å². The van der Waals surface area contributed by atoms with Crippen molar-refractivity contribution in [2.75, 3.05) is 11.0 Å². The number of aldehydes is 1. The minimum atomic E-state index is -1.18. The van der Waals surface area contributed by atoms with Gasteiger partial charge in [0.15, 0.2) is 0 Å². The molecule has 54 heavy (non-hydrogen) atoms. The smallest absolute Gasteiger partial charge is 1.00 e. The zero-order chi connectivity index (χ0) is 43.7. The summed E-state index contributed by atoms with van der Waals surface area (Å²) >= 11 is 2.38. The fraction of sp³-hybridized carbons (Fsp3) is 0.765. The number of aliphatic hydroxyl groups is 1. The van der Waals surface area contributed by atoms with E-state index < -0.39 is 33.0 Å². The van der Waals surface area contributed by atoms with Crippen molar-refractivity contribution in [1.29, 1.82) is 0 Å². The molecule has 0 bridgehead atoms. The molecule has 326 valence electrons. The maximum atomic E-state index is 11.4. The van der Waals surface area contributed by atoms with Crippen LogP contribution in [0.4, 0.5) is 0 Å². The molecule has 10 atom stereocenters. The average molecular weight is 1070 g/mol. The second-order valence-electron chi connectivity index (χ2n) is 13.2. The Bertz CT molecular complexity index is 912. The van der Waals surface area contributed by atoms with Gasteiger partial charge in [-0.2, -0.15) is 4.40 Å². The van der Waals surface area contributed by atoms with Crippen molar-refractivity contribution in [2.24, 2.45) is 9.54 Å². The normalized spacial score (nSPS) is 13.9. The number of hydrogen-bond acceptors (Lipinski definition) is 8. The number of alkyl halides is 1. The second-order valence-corrected chi connectivity index (χ2v) is 21.0. The van der Waals surface area contributed by atoms with Crippen molar-refractivity contribution in [2.45, 2.75) is 155 Å². The molecule has 0 spiro atoms. The molecule has 0 rings (SSSR count). The first-order chi connectivity index (χ1) is 23.6. The standard InChI is InChI=1S/C8H17NOS.C6H13NOS.C4H11INP.C4H12NOP.C4H11NOS.C4H10NP.C2H4O.C2H3.BrH.Mg/c1-6-7(2)9-11(10)8(3,4)5;1-5-7-9(8)6(2,3)4;1-4(6-7)2-3-5;1-4(5-7)2-3-6;1-4(2,3)7(5)6;1-3-4(2)5-6;1-2-3;1-2;;/h6-7,9H,1H2,2-5H3;5H,1-4H3;4,6H,2-3,7H2,1H3;4-6H,2-3,7H2,1H3;5H2,1-3H3;3-5H,1,6H2,2H3;2H,1H3;1H,2H2;1H;/q;;;;;;;-1;;+2/p-1/t7-,11+;9-;;4-;7-;4-;;;;/m10.101..../s1. The van der Waals surface area contributed by atoms with Gasteiger partial charge in [-0.15, -0.1) is 13.2 Å². The number of aliphatic hydroxyl groups excluding tert-OH is 1. The summed E-state index contributed by atoms with van der Waals surface area (Å²) in [5.41, 5.74) is 0. The molecular weight excluding hydrogens is 993 g/mol. The molecule has 11 nitrogen and oxygen atoms in total. The van der Waals surface area contributed by atoms with Crippen LogP contribution in [0.2, 0.25) is 0 Å². The summed E-state index contributed by atoms with van der Waals surface area (Å²) in [5, 5.41) is 22.3. The van der Waals surface area contributed by atoms with Gasteiger partial charge < -0.3 is 33.5 Å². The predicted molar refractivity (Wildman–Crippen MR) is 265 cm³/mol. The Morgan fingerprint density at radius 3 is 1.24 bits per heavy atom. The molecule has 0 saturated carbocycles. The van der Waals surface area contributed by atoms with Crippen LogP contribution in [0, 0.1) is 6.58 Å². The van der Waals surface area contributed by atoms with Gasteiger partial charge in [-0.05, 0) is 117 Å². The van der Waals surface area contributed by atoms with E-state index in [1.54, 1.807) is 19.2 Å². The predicted octanol–water partition coefficient (Wildman–Crippen LogP) is 3.65. The number of rotatable bonds is 12. The summed E-state index contributed by atoms with van der Waals surface area (Å²) in [4.78, 5) is 8.81. The minimum absolute atomic E-state index is 0. The Morgan fingerprint density at radius 1 is 0.796 bits per heavy atom. The van der Waals surface area contributed by atoms with E-state index >= 15 is 0 Å². The molecule has 7 N–H and O–H groups in total. The maximum Gasteiger partial charge on any atom is 2.00 e. The van der Waals surface area contributed by atoms with Gasteiger partial charge in [0.1, 0.15) is 17.3 Å². The monoisotopic (exact) mass is 1070 g/mol. The second kappa shape index (κ2) is 55.0. The van der Waals surface area contributed by atoms with E-state index in [0.717, 1.165) is 12.7 Å². The third-order valence-electron chi connectivity index (χ3n) is 4.82. The van der Waals surface area contributed by atoms with Crippen LogP contribution in [-0.4, -0.2) is 103 Å². The number of nitrogens with zero attached hydrogens (tertiary/aromatic N) is 1. The molecule has 0 heterocycles. The van der Waals surface area contributed by atoms with Crippen molar-refractivity contribution in [1.82, 2.24) is 20.0 Å². The van der Waals surface area contributed by atoms with Crippen LogP contribution in [0.15, 0.2) is 36.3 Å². The molecule has 0 radical (unpaired) electrons. The zero-order valence-electron chi connectivity index (χ0n) is 36.2. The van der Waals surface area contributed by atoms with Crippen LogP contribution in [0.5, 0.6) is 0 Å². The van der Waals surface area contributed by atoms with Crippen molar-refractivity contribution >= 4 is 119 Å². The molecule has 0 aromatic rings. The Hall–Kier alpha value is 2.04. The molecule has 0 aromatic carbocycles. The topological polar surface area (TPSA) is 175 Å². The minimum Gasteiger partial charge on any atom is -1.00 e. The van der Waals surface area contributed by atoms with E-state index in [0.29, 0.717) is 18.1 Å². The zero-order valence-corrected chi connectivity index (χ0v) is 47.2. The summed E-state index contributed by atoms with van der Waals surface area (Å²) in [5.74, 6) is 0. The summed E-state index contributed by atoms with van der Waals surface area (Å²) in [7, 11) is 4.10. The Labute approximate surface area is 389 Å². The third-order valence-corrected chi connectivity index (χ3v) is 11.5. The number of carbonyl (C=O) groups is 1. The molecule has 0 aliphatic carbocycles. The summed E-state index contributed by atoms with van der Waals surface area (Å²) < 4.78 is 40.0. The SMILES string of the molecule is C=C[C@@H](C)NP.C=C[C@@H](C)N[S@@](=O)C(C)(C)C.CC(C)(C)[S@@](N)=O.CC(CCI)NP.CC=N[S@@](=O)C(C)(C)C.CC=O.C[C@H](CCO)NP.[Br-].[CH-]=C.[Mg+2]. The molecule has 20 heteroatoms. The number of halogens is 2. The number of carbonyl (C=O) groups excluding carboxylic acids is 1. The molecule has 0 aliphatic rings. The van der Waals surface area contributed by atoms with Gasteiger partial charge >= 0.3 is 23.1 Å². The van der Waals surface area contributed by atoms with Crippen LogP contribution in [0.1, 0.15) is 117 Å². The van der Waals surface area contributed by atoms with E-state index in [9.17, 15) is 12.6 Å². The van der Waals surface area contributed by atoms with Gasteiger partial charge in [0.05, 0.1) is 36.2 Å². The van der Waals surface area contributed by atoms with E-state index in [2.05, 4.69) is 108 Å². The quantitative estimate of drug-likeness (QED) is 0.0251. The Kier molecular flexibility index (Phi) is 81.6. The van der Waals surface area contributed by atoms with Gasteiger partial charge in [0.2, 0.25) is 0 Å². The maximum absolute atomic E-state index is 11.4. The van der Waals surface area contributed by atoms with E-state index in [-0.39, 0.29) is 66.9 Å². The van der Waals surface area contributed by atoms with E-state index in [1.807, 2.05) is 89.2 Å². The third kappa shape index (κ3) is 82.1. The van der Waals surface area contributed by atoms with Crippen molar-refractivity contribution in [3.8, 4) is 0 Å². The van der Waals surface area contributed by atoms with E-state index in [4.69, 9.17) is 15.0 Å². The van der Waals surface area contributed by atoms with Crippen molar-refractivity contribution in [3.05, 3.63) is 38.5 Å². The first-order valence-electron chi connectivity index (χ1n) is 16.5. The first kappa shape index (κ1) is 80.1. The molecule has 0 aliphatic heterocycles. The summed E-state index contributed by atoms with van der Waals surface area (Å²) in [6.07, 6.45) is 7.98. The van der Waals surface area contributed by atoms with Gasteiger partial charge in [0.25, 0.3) is 0 Å².